The lowest BCUT2D eigenvalue weighted by atomic mass is 9.92. The number of aromatic nitrogens is 6. The molecule has 28 heavy (non-hydrogen) atoms. The minimum Gasteiger partial charge on any atom is -0.356 e. The molecule has 3 aromatic heterocycles. The predicted molar refractivity (Wildman–Crippen MR) is 110 cm³/mol. The van der Waals surface area contributed by atoms with Crippen LogP contribution in [-0.2, 0) is 5.41 Å². The molecule has 1 saturated heterocycles. The van der Waals surface area contributed by atoms with Gasteiger partial charge in [0, 0.05) is 36.5 Å². The van der Waals surface area contributed by atoms with Crippen LogP contribution in [-0.4, -0.2) is 42.9 Å². The first-order chi connectivity index (χ1) is 13.3. The van der Waals surface area contributed by atoms with Crippen molar-refractivity contribution < 1.29 is 0 Å². The zero-order valence-corrected chi connectivity index (χ0v) is 17.4. The summed E-state index contributed by atoms with van der Waals surface area (Å²) in [5.74, 6) is 3.60. The van der Waals surface area contributed by atoms with Crippen molar-refractivity contribution >= 4 is 11.5 Å². The second-order valence-corrected chi connectivity index (χ2v) is 8.99. The minimum absolute atomic E-state index is 0.000228. The van der Waals surface area contributed by atoms with Gasteiger partial charge in [0.05, 0.1) is 5.69 Å². The second-order valence-electron chi connectivity index (χ2n) is 8.99. The van der Waals surface area contributed by atoms with Gasteiger partial charge in [-0.15, -0.1) is 10.2 Å². The first-order valence-electron chi connectivity index (χ1n) is 10.1. The van der Waals surface area contributed by atoms with E-state index >= 15 is 0 Å². The van der Waals surface area contributed by atoms with Crippen LogP contribution in [0.15, 0.2) is 24.4 Å². The van der Waals surface area contributed by atoms with Gasteiger partial charge in [0.1, 0.15) is 11.6 Å². The van der Waals surface area contributed by atoms with E-state index in [0.29, 0.717) is 11.8 Å². The van der Waals surface area contributed by atoms with Crippen molar-refractivity contribution in [1.82, 2.24) is 29.8 Å². The number of fused-ring (bicyclic) bond motifs is 1. The maximum Gasteiger partial charge on any atom is 0.177 e. The van der Waals surface area contributed by atoms with Crippen LogP contribution in [0.3, 0.4) is 0 Å². The molecule has 7 heteroatoms. The highest BCUT2D eigenvalue weighted by Gasteiger charge is 2.27. The minimum atomic E-state index is 0.000228. The fourth-order valence-electron chi connectivity index (χ4n) is 3.64. The standard InChI is InChI=1S/C21H29N7/c1-14(2)19-22-11-8-17(23-19)27-12-9-15(10-13-27)20-25-24-18-7-6-16(21(3,4)5)26-28(18)20/h6-8,11,14-15H,9-10,12-13H2,1-5H3. The van der Waals surface area contributed by atoms with Crippen molar-refractivity contribution in [2.24, 2.45) is 0 Å². The molecule has 0 N–H and O–H groups in total. The summed E-state index contributed by atoms with van der Waals surface area (Å²) in [6, 6.07) is 6.08. The average Bonchev–Trinajstić information content (AvgIpc) is 3.11. The summed E-state index contributed by atoms with van der Waals surface area (Å²) in [5, 5.41) is 13.7. The third kappa shape index (κ3) is 3.57. The summed E-state index contributed by atoms with van der Waals surface area (Å²) in [6.07, 6.45) is 3.90. The Hall–Kier alpha value is -2.57. The molecule has 1 aliphatic heterocycles. The quantitative estimate of drug-likeness (QED) is 0.691. The van der Waals surface area contributed by atoms with E-state index in [4.69, 9.17) is 10.1 Å². The van der Waals surface area contributed by atoms with E-state index in [9.17, 15) is 0 Å². The lowest BCUT2D eigenvalue weighted by Gasteiger charge is -2.32. The van der Waals surface area contributed by atoms with Crippen LogP contribution < -0.4 is 4.90 Å². The molecule has 148 valence electrons. The summed E-state index contributed by atoms with van der Waals surface area (Å²) in [4.78, 5) is 11.5. The van der Waals surface area contributed by atoms with E-state index in [1.54, 1.807) is 0 Å². The van der Waals surface area contributed by atoms with Gasteiger partial charge >= 0.3 is 0 Å². The fraction of sp³-hybridized carbons (Fsp3) is 0.571. The second kappa shape index (κ2) is 7.11. The lowest BCUT2D eigenvalue weighted by Crippen LogP contribution is -2.34. The largest absolute Gasteiger partial charge is 0.356 e. The molecule has 7 nitrogen and oxygen atoms in total. The van der Waals surface area contributed by atoms with Crippen molar-refractivity contribution in [2.45, 2.75) is 64.7 Å². The van der Waals surface area contributed by atoms with E-state index in [-0.39, 0.29) is 5.41 Å². The number of rotatable bonds is 3. The maximum absolute atomic E-state index is 4.85. The molecule has 0 saturated carbocycles. The molecule has 4 rings (SSSR count). The summed E-state index contributed by atoms with van der Waals surface area (Å²) >= 11 is 0. The number of piperidine rings is 1. The first-order valence-corrected chi connectivity index (χ1v) is 10.1. The highest BCUT2D eigenvalue weighted by atomic mass is 15.4. The number of hydrogen-bond donors (Lipinski definition) is 0. The Bertz CT molecular complexity index is 962. The van der Waals surface area contributed by atoms with Crippen molar-refractivity contribution in [2.75, 3.05) is 18.0 Å². The van der Waals surface area contributed by atoms with Gasteiger partial charge in [0.15, 0.2) is 11.5 Å². The molecule has 3 aromatic rings. The van der Waals surface area contributed by atoms with E-state index in [1.807, 2.05) is 22.8 Å². The van der Waals surface area contributed by atoms with Gasteiger partial charge in [0.25, 0.3) is 0 Å². The van der Waals surface area contributed by atoms with Gasteiger partial charge in [0.2, 0.25) is 0 Å². The smallest absolute Gasteiger partial charge is 0.177 e. The van der Waals surface area contributed by atoms with Gasteiger partial charge in [-0.1, -0.05) is 34.6 Å². The fourth-order valence-corrected chi connectivity index (χ4v) is 3.64. The zero-order chi connectivity index (χ0) is 19.9. The number of nitrogens with zero attached hydrogens (tertiary/aromatic N) is 7. The molecular weight excluding hydrogens is 350 g/mol. The van der Waals surface area contributed by atoms with Gasteiger partial charge in [-0.3, -0.25) is 0 Å². The molecule has 0 unspecified atom stereocenters. The highest BCUT2D eigenvalue weighted by Crippen LogP contribution is 2.30. The van der Waals surface area contributed by atoms with Gasteiger partial charge in [-0.25, -0.2) is 9.97 Å². The van der Waals surface area contributed by atoms with E-state index in [1.165, 1.54) is 0 Å². The normalized spacial score (nSPS) is 16.3. The van der Waals surface area contributed by atoms with Gasteiger partial charge < -0.3 is 4.90 Å². The average molecular weight is 380 g/mol. The van der Waals surface area contributed by atoms with E-state index < -0.39 is 0 Å². The summed E-state index contributed by atoms with van der Waals surface area (Å²) in [6.45, 7) is 12.7. The van der Waals surface area contributed by atoms with Crippen LogP contribution in [0.25, 0.3) is 5.65 Å². The first kappa shape index (κ1) is 18.8. The van der Waals surface area contributed by atoms with Crippen LogP contribution in [0.2, 0.25) is 0 Å². The van der Waals surface area contributed by atoms with E-state index in [2.05, 4.69) is 60.8 Å². The molecule has 4 heterocycles. The summed E-state index contributed by atoms with van der Waals surface area (Å²) in [5.41, 5.74) is 1.88. The number of anilines is 1. The SMILES string of the molecule is CC(C)c1nccc(N2CCC(c3nnc4ccc(C(C)(C)C)nn34)CC2)n1. The molecule has 1 fully saturated rings. The molecule has 0 aromatic carbocycles. The van der Waals surface area contributed by atoms with Crippen molar-refractivity contribution in [3.63, 3.8) is 0 Å². The maximum atomic E-state index is 4.85. The van der Waals surface area contributed by atoms with Crippen LogP contribution in [0.1, 0.15) is 76.6 Å². The third-order valence-electron chi connectivity index (χ3n) is 5.42. The molecule has 1 aliphatic rings. The van der Waals surface area contributed by atoms with Crippen molar-refractivity contribution in [3.05, 3.63) is 41.7 Å². The van der Waals surface area contributed by atoms with Crippen LogP contribution in [0.5, 0.6) is 0 Å². The predicted octanol–water partition coefficient (Wildman–Crippen LogP) is 3.72. The zero-order valence-electron chi connectivity index (χ0n) is 17.4. The van der Waals surface area contributed by atoms with Crippen LogP contribution >= 0.6 is 0 Å². The van der Waals surface area contributed by atoms with Crippen molar-refractivity contribution in [1.29, 1.82) is 0 Å². The third-order valence-corrected chi connectivity index (χ3v) is 5.42. The topological polar surface area (TPSA) is 72.1 Å². The monoisotopic (exact) mass is 379 g/mol. The molecule has 0 radical (unpaired) electrons. The molecule has 0 bridgehead atoms. The molecule has 0 atom stereocenters. The molecule has 0 amide bonds. The lowest BCUT2D eigenvalue weighted by molar-refractivity contribution is 0.470. The number of hydrogen-bond acceptors (Lipinski definition) is 6. The Morgan fingerprint density at radius 1 is 1.04 bits per heavy atom. The highest BCUT2D eigenvalue weighted by molar-refractivity contribution is 5.40. The van der Waals surface area contributed by atoms with Crippen molar-refractivity contribution in [3.8, 4) is 0 Å². The Labute approximate surface area is 166 Å². The Morgan fingerprint density at radius 3 is 2.46 bits per heavy atom. The Balaban J connectivity index is 1.53. The van der Waals surface area contributed by atoms with Crippen LogP contribution in [0, 0.1) is 0 Å². The molecular formula is C21H29N7. The van der Waals surface area contributed by atoms with Gasteiger partial charge in [-0.05, 0) is 31.0 Å². The molecule has 0 spiro atoms. The van der Waals surface area contributed by atoms with Gasteiger partial charge in [-0.2, -0.15) is 9.61 Å². The Morgan fingerprint density at radius 2 is 1.79 bits per heavy atom. The summed E-state index contributed by atoms with van der Waals surface area (Å²) < 4.78 is 1.95. The summed E-state index contributed by atoms with van der Waals surface area (Å²) in [7, 11) is 0. The Kier molecular flexibility index (Phi) is 4.77. The van der Waals surface area contributed by atoms with E-state index in [0.717, 1.165) is 54.7 Å². The molecule has 0 aliphatic carbocycles. The van der Waals surface area contributed by atoms with Crippen LogP contribution in [0.4, 0.5) is 5.82 Å².